The van der Waals surface area contributed by atoms with Crippen molar-refractivity contribution >= 4 is 27.4 Å². The monoisotopic (exact) mass is 270 g/mol. The van der Waals surface area contributed by atoms with E-state index in [2.05, 4.69) is 4.74 Å². The van der Waals surface area contributed by atoms with Crippen LogP contribution in [0, 0.1) is 5.82 Å². The van der Waals surface area contributed by atoms with Gasteiger partial charge in [-0.2, -0.15) is 0 Å². The van der Waals surface area contributed by atoms with Crippen molar-refractivity contribution in [3.05, 3.63) is 22.8 Å². The Bertz CT molecular complexity index is 606. The largest absolute Gasteiger partial charge is 0.493 e. The molecule has 0 saturated carbocycles. The second-order valence-corrected chi connectivity index (χ2v) is 4.52. The molecule has 6 heteroatoms. The van der Waals surface area contributed by atoms with Crippen molar-refractivity contribution in [2.75, 3.05) is 21.3 Å². The van der Waals surface area contributed by atoms with Crippen molar-refractivity contribution in [2.24, 2.45) is 0 Å². The van der Waals surface area contributed by atoms with E-state index in [1.165, 1.54) is 27.4 Å². The van der Waals surface area contributed by atoms with Gasteiger partial charge in [0.1, 0.15) is 4.88 Å². The topological polar surface area (TPSA) is 44.8 Å². The first-order chi connectivity index (χ1) is 8.62. The number of methoxy groups -OCH3 is 3. The highest BCUT2D eigenvalue weighted by molar-refractivity contribution is 7.20. The summed E-state index contributed by atoms with van der Waals surface area (Å²) in [5.41, 5.74) is 0. The first kappa shape index (κ1) is 12.6. The predicted octanol–water partition coefficient (Wildman–Crippen LogP) is 2.84. The van der Waals surface area contributed by atoms with Gasteiger partial charge in [0.25, 0.3) is 0 Å². The highest BCUT2D eigenvalue weighted by Crippen LogP contribution is 2.39. The van der Waals surface area contributed by atoms with Crippen LogP contribution in [0.3, 0.4) is 0 Å². The fourth-order valence-electron chi connectivity index (χ4n) is 1.64. The summed E-state index contributed by atoms with van der Waals surface area (Å²) in [4.78, 5) is 11.7. The lowest BCUT2D eigenvalue weighted by Gasteiger charge is -2.08. The van der Waals surface area contributed by atoms with Crippen molar-refractivity contribution in [3.63, 3.8) is 0 Å². The molecule has 2 aromatic rings. The van der Waals surface area contributed by atoms with Crippen molar-refractivity contribution in [1.29, 1.82) is 0 Å². The zero-order valence-electron chi connectivity index (χ0n) is 10.1. The maximum absolute atomic E-state index is 14.1. The van der Waals surface area contributed by atoms with Crippen molar-refractivity contribution in [2.45, 2.75) is 0 Å². The van der Waals surface area contributed by atoms with Crippen molar-refractivity contribution in [3.8, 4) is 11.5 Å². The van der Waals surface area contributed by atoms with Gasteiger partial charge in [0, 0.05) is 16.2 Å². The first-order valence-electron chi connectivity index (χ1n) is 5.04. The summed E-state index contributed by atoms with van der Waals surface area (Å²) < 4.78 is 29.4. The Kier molecular flexibility index (Phi) is 3.38. The zero-order chi connectivity index (χ0) is 13.3. The van der Waals surface area contributed by atoms with Crippen molar-refractivity contribution in [1.82, 2.24) is 0 Å². The van der Waals surface area contributed by atoms with Crippen LogP contribution in [0.5, 0.6) is 11.5 Å². The maximum atomic E-state index is 14.1. The first-order valence-corrected chi connectivity index (χ1v) is 5.86. The van der Waals surface area contributed by atoms with Crippen LogP contribution in [0.15, 0.2) is 12.1 Å². The minimum absolute atomic E-state index is 0.0271. The third kappa shape index (κ3) is 1.88. The van der Waals surface area contributed by atoms with Gasteiger partial charge >= 0.3 is 5.97 Å². The summed E-state index contributed by atoms with van der Waals surface area (Å²) in [5, 5.41) is 0.318. The molecule has 0 fully saturated rings. The molecule has 1 aromatic heterocycles. The quantitative estimate of drug-likeness (QED) is 0.804. The highest BCUT2D eigenvalue weighted by atomic mass is 32.1. The van der Waals surface area contributed by atoms with Gasteiger partial charge in [-0.1, -0.05) is 0 Å². The van der Waals surface area contributed by atoms with Gasteiger partial charge in [0.15, 0.2) is 17.3 Å². The van der Waals surface area contributed by atoms with E-state index in [4.69, 9.17) is 9.47 Å². The average Bonchev–Trinajstić information content (AvgIpc) is 2.81. The minimum Gasteiger partial charge on any atom is -0.493 e. The second kappa shape index (κ2) is 4.81. The molecule has 96 valence electrons. The summed E-state index contributed by atoms with van der Waals surface area (Å²) >= 11 is 1.14. The van der Waals surface area contributed by atoms with Crippen LogP contribution in [0.1, 0.15) is 9.67 Å². The minimum atomic E-state index is -0.543. The fraction of sp³-hybridized carbons (Fsp3) is 0.250. The van der Waals surface area contributed by atoms with E-state index >= 15 is 0 Å². The molecule has 0 spiro atoms. The second-order valence-electron chi connectivity index (χ2n) is 3.44. The van der Waals surface area contributed by atoms with E-state index in [0.29, 0.717) is 20.7 Å². The number of benzene rings is 1. The highest BCUT2D eigenvalue weighted by Gasteiger charge is 2.19. The fourth-order valence-corrected chi connectivity index (χ4v) is 2.65. The van der Waals surface area contributed by atoms with Crippen LogP contribution in [0.4, 0.5) is 4.39 Å². The van der Waals surface area contributed by atoms with E-state index in [1.54, 1.807) is 6.07 Å². The molecule has 0 radical (unpaired) electrons. The number of carbonyl (C=O) groups is 1. The molecule has 0 atom stereocenters. The molecule has 1 heterocycles. The molecule has 0 aliphatic rings. The third-order valence-electron chi connectivity index (χ3n) is 2.49. The van der Waals surface area contributed by atoms with Crippen LogP contribution in [-0.2, 0) is 4.74 Å². The van der Waals surface area contributed by atoms with E-state index < -0.39 is 11.8 Å². The molecule has 0 aliphatic heterocycles. The summed E-state index contributed by atoms with van der Waals surface area (Å²) in [7, 11) is 4.07. The molecule has 0 saturated heterocycles. The Balaban J connectivity index is 2.69. The molecule has 2 rings (SSSR count). The maximum Gasteiger partial charge on any atom is 0.348 e. The zero-order valence-corrected chi connectivity index (χ0v) is 10.9. The Morgan fingerprint density at radius 3 is 2.50 bits per heavy atom. The summed E-state index contributed by atoms with van der Waals surface area (Å²) in [5.74, 6) is -0.716. The van der Waals surface area contributed by atoms with Gasteiger partial charge < -0.3 is 14.2 Å². The molecular weight excluding hydrogens is 259 g/mol. The number of rotatable bonds is 3. The van der Waals surface area contributed by atoms with Gasteiger partial charge in [-0.3, -0.25) is 0 Å². The average molecular weight is 270 g/mol. The van der Waals surface area contributed by atoms with Crippen molar-refractivity contribution < 1.29 is 23.4 Å². The summed E-state index contributed by atoms with van der Waals surface area (Å²) in [6, 6.07) is 3.08. The van der Waals surface area contributed by atoms with Gasteiger partial charge in [-0.15, -0.1) is 11.3 Å². The lowest BCUT2D eigenvalue weighted by molar-refractivity contribution is 0.0606. The van der Waals surface area contributed by atoms with Gasteiger partial charge in [-0.05, 0) is 6.07 Å². The number of ether oxygens (including phenoxy) is 3. The van der Waals surface area contributed by atoms with Crippen LogP contribution in [-0.4, -0.2) is 27.3 Å². The van der Waals surface area contributed by atoms with Gasteiger partial charge in [0.2, 0.25) is 0 Å². The molecule has 0 amide bonds. The summed E-state index contributed by atoms with van der Waals surface area (Å²) in [6.45, 7) is 0. The lowest BCUT2D eigenvalue weighted by atomic mass is 10.2. The number of hydrogen-bond acceptors (Lipinski definition) is 5. The number of hydrogen-bond donors (Lipinski definition) is 0. The number of thiophene rings is 1. The molecule has 0 bridgehead atoms. The third-order valence-corrected chi connectivity index (χ3v) is 3.56. The van der Waals surface area contributed by atoms with E-state index in [0.717, 1.165) is 11.3 Å². The smallest absolute Gasteiger partial charge is 0.348 e. The SMILES string of the molecule is COC(=O)c1cc2c(F)c(OC)c(OC)cc2s1. The number of esters is 1. The van der Waals surface area contributed by atoms with Crippen LogP contribution in [0.25, 0.3) is 10.1 Å². The van der Waals surface area contributed by atoms with Crippen LogP contribution < -0.4 is 9.47 Å². The standard InChI is InChI=1S/C12H11FO4S/c1-15-7-5-8-6(10(13)11(7)16-2)4-9(18-8)12(14)17-3/h4-5H,1-3H3. The molecule has 0 N–H and O–H groups in total. The normalized spacial score (nSPS) is 10.4. The lowest BCUT2D eigenvalue weighted by Crippen LogP contribution is -1.96. The molecule has 4 nitrogen and oxygen atoms in total. The number of halogens is 1. The Morgan fingerprint density at radius 2 is 1.94 bits per heavy atom. The molecule has 18 heavy (non-hydrogen) atoms. The Labute approximate surface area is 107 Å². The molecule has 0 aliphatic carbocycles. The van der Waals surface area contributed by atoms with Crippen LogP contribution in [0.2, 0.25) is 0 Å². The van der Waals surface area contributed by atoms with Gasteiger partial charge in [-0.25, -0.2) is 9.18 Å². The molecular formula is C12H11FO4S. The summed E-state index contributed by atoms with van der Waals surface area (Å²) in [6.07, 6.45) is 0. The Morgan fingerprint density at radius 1 is 1.22 bits per heavy atom. The number of fused-ring (bicyclic) bond motifs is 1. The van der Waals surface area contributed by atoms with Gasteiger partial charge in [0.05, 0.1) is 21.3 Å². The molecule has 1 aromatic carbocycles. The van der Waals surface area contributed by atoms with Crippen LogP contribution >= 0.6 is 11.3 Å². The van der Waals surface area contributed by atoms with E-state index in [9.17, 15) is 9.18 Å². The van der Waals surface area contributed by atoms with E-state index in [-0.39, 0.29) is 5.75 Å². The number of carbonyl (C=O) groups excluding carboxylic acids is 1. The van der Waals surface area contributed by atoms with E-state index in [1.807, 2.05) is 0 Å². The molecule has 0 unspecified atom stereocenters. The predicted molar refractivity (Wildman–Crippen MR) is 66.2 cm³/mol. The Hall–Kier alpha value is -1.82.